The lowest BCUT2D eigenvalue weighted by atomic mass is 10.4. The Kier molecular flexibility index (Phi) is 2.73. The van der Waals surface area contributed by atoms with Crippen LogP contribution < -0.4 is 0 Å². The molecule has 0 spiro atoms. The summed E-state index contributed by atoms with van der Waals surface area (Å²) in [5.74, 6) is -1.71. The van der Waals surface area contributed by atoms with Crippen molar-refractivity contribution >= 4 is 5.91 Å². The van der Waals surface area contributed by atoms with Crippen molar-refractivity contribution in [2.45, 2.75) is 12.7 Å². The van der Waals surface area contributed by atoms with E-state index in [1.807, 2.05) is 0 Å². The highest BCUT2D eigenvalue weighted by Crippen LogP contribution is 2.18. The van der Waals surface area contributed by atoms with Crippen LogP contribution in [0.5, 0.6) is 0 Å². The molecule has 5 nitrogen and oxygen atoms in total. The lowest BCUT2D eigenvalue weighted by Gasteiger charge is -2.16. The molecule has 78 valence electrons. The van der Waals surface area contributed by atoms with Crippen LogP contribution in [0, 0.1) is 0 Å². The van der Waals surface area contributed by atoms with Crippen molar-refractivity contribution in [3.63, 3.8) is 0 Å². The molecule has 1 aromatic rings. The van der Waals surface area contributed by atoms with Crippen molar-refractivity contribution in [2.75, 3.05) is 7.05 Å². The number of aromatic nitrogens is 3. The predicted octanol–water partition coefficient (Wildman–Crippen LogP) is 0.325. The number of aromatic amines is 1. The number of nitrogens with zero attached hydrogens (tertiary/aromatic N) is 3. The zero-order chi connectivity index (χ0) is 10.8. The first-order valence-corrected chi connectivity index (χ1v) is 3.58. The van der Waals surface area contributed by atoms with Gasteiger partial charge in [-0.25, -0.2) is 4.98 Å². The highest BCUT2D eigenvalue weighted by atomic mass is 19.4. The average Bonchev–Trinajstić information content (AvgIpc) is 2.53. The zero-order valence-corrected chi connectivity index (χ0v) is 7.17. The summed E-state index contributed by atoms with van der Waals surface area (Å²) >= 11 is 0. The van der Waals surface area contributed by atoms with E-state index in [0.29, 0.717) is 4.90 Å². The van der Waals surface area contributed by atoms with Gasteiger partial charge in [0.25, 0.3) is 0 Å². The third kappa shape index (κ3) is 2.44. The maximum atomic E-state index is 11.9. The number of carbonyl (C=O) groups is 1. The summed E-state index contributed by atoms with van der Waals surface area (Å²) in [6.07, 6.45) is -3.70. The molecule has 1 N–H and O–H groups in total. The summed E-state index contributed by atoms with van der Waals surface area (Å²) in [4.78, 5) is 14.7. The molecule has 0 aliphatic carbocycles. The molecular formula is C6H7F3N4O. The van der Waals surface area contributed by atoms with Crippen LogP contribution in [0.1, 0.15) is 5.82 Å². The van der Waals surface area contributed by atoms with Gasteiger partial charge in [0.2, 0.25) is 0 Å². The minimum atomic E-state index is -4.85. The topological polar surface area (TPSA) is 61.9 Å². The number of H-pyrrole nitrogens is 1. The number of nitrogens with one attached hydrogen (secondary N) is 1. The van der Waals surface area contributed by atoms with Gasteiger partial charge < -0.3 is 4.90 Å². The lowest BCUT2D eigenvalue weighted by molar-refractivity contribution is -0.184. The van der Waals surface area contributed by atoms with Crippen LogP contribution in [-0.2, 0) is 11.3 Å². The molecule has 0 aliphatic heterocycles. The molecule has 0 bridgehead atoms. The van der Waals surface area contributed by atoms with Crippen LogP contribution in [0.4, 0.5) is 13.2 Å². The van der Waals surface area contributed by atoms with Crippen molar-refractivity contribution < 1.29 is 18.0 Å². The van der Waals surface area contributed by atoms with E-state index >= 15 is 0 Å². The third-order valence-corrected chi connectivity index (χ3v) is 1.44. The maximum Gasteiger partial charge on any atom is 0.471 e. The van der Waals surface area contributed by atoms with Gasteiger partial charge in [0.05, 0.1) is 6.54 Å². The normalized spacial score (nSPS) is 11.4. The molecular weight excluding hydrogens is 201 g/mol. The molecule has 0 atom stereocenters. The Bertz CT molecular complexity index is 307. The monoisotopic (exact) mass is 208 g/mol. The van der Waals surface area contributed by atoms with E-state index in [1.54, 1.807) is 0 Å². The van der Waals surface area contributed by atoms with Gasteiger partial charge in [-0.15, -0.1) is 0 Å². The summed E-state index contributed by atoms with van der Waals surface area (Å²) in [5, 5.41) is 5.79. The molecule has 0 fully saturated rings. The zero-order valence-electron chi connectivity index (χ0n) is 7.17. The van der Waals surface area contributed by atoms with Crippen LogP contribution in [0.3, 0.4) is 0 Å². The summed E-state index contributed by atoms with van der Waals surface area (Å²) in [7, 11) is 1.04. The molecule has 0 saturated heterocycles. The number of alkyl halides is 3. The SMILES string of the molecule is CN(Cc1ncn[nH]1)C(=O)C(F)(F)F. The minimum absolute atomic E-state index is 0.199. The van der Waals surface area contributed by atoms with Crippen LogP contribution in [0.15, 0.2) is 6.33 Å². The van der Waals surface area contributed by atoms with Crippen LogP contribution >= 0.6 is 0 Å². The van der Waals surface area contributed by atoms with E-state index in [4.69, 9.17) is 0 Å². The molecule has 14 heavy (non-hydrogen) atoms. The Morgan fingerprint density at radius 1 is 1.64 bits per heavy atom. The van der Waals surface area contributed by atoms with Gasteiger partial charge in [-0.1, -0.05) is 0 Å². The first kappa shape index (κ1) is 10.5. The van der Waals surface area contributed by atoms with E-state index in [-0.39, 0.29) is 12.4 Å². The van der Waals surface area contributed by atoms with Crippen molar-refractivity contribution in [1.29, 1.82) is 0 Å². The molecule has 0 unspecified atom stereocenters. The van der Waals surface area contributed by atoms with Gasteiger partial charge in [-0.3, -0.25) is 9.89 Å². The number of amides is 1. The number of hydrogen-bond donors (Lipinski definition) is 1. The van der Waals surface area contributed by atoms with E-state index < -0.39 is 12.1 Å². The Morgan fingerprint density at radius 3 is 2.71 bits per heavy atom. The van der Waals surface area contributed by atoms with Crippen LogP contribution in [0.25, 0.3) is 0 Å². The first-order chi connectivity index (χ1) is 6.41. The molecule has 1 heterocycles. The maximum absolute atomic E-state index is 11.9. The van der Waals surface area contributed by atoms with Gasteiger partial charge >= 0.3 is 12.1 Å². The molecule has 0 aromatic carbocycles. The number of carbonyl (C=O) groups excluding carboxylic acids is 1. The average molecular weight is 208 g/mol. The smallest absolute Gasteiger partial charge is 0.330 e. The van der Waals surface area contributed by atoms with Crippen molar-refractivity contribution in [3.05, 3.63) is 12.2 Å². The van der Waals surface area contributed by atoms with Gasteiger partial charge in [-0.2, -0.15) is 18.3 Å². The Hall–Kier alpha value is -1.60. The van der Waals surface area contributed by atoms with E-state index in [2.05, 4.69) is 15.2 Å². The fraction of sp³-hybridized carbons (Fsp3) is 0.500. The summed E-state index contributed by atoms with van der Waals surface area (Å²) in [6, 6.07) is 0. The number of halogens is 3. The molecule has 0 saturated carbocycles. The molecule has 8 heteroatoms. The van der Waals surface area contributed by atoms with Crippen LogP contribution in [-0.4, -0.2) is 39.2 Å². The van der Waals surface area contributed by atoms with E-state index in [1.165, 1.54) is 0 Å². The van der Waals surface area contributed by atoms with Gasteiger partial charge in [0, 0.05) is 7.05 Å². The van der Waals surface area contributed by atoms with Gasteiger partial charge in [-0.05, 0) is 0 Å². The highest BCUT2D eigenvalue weighted by Gasteiger charge is 2.41. The number of hydrogen-bond acceptors (Lipinski definition) is 3. The van der Waals surface area contributed by atoms with E-state index in [9.17, 15) is 18.0 Å². The molecule has 0 aliphatic rings. The Morgan fingerprint density at radius 2 is 2.29 bits per heavy atom. The summed E-state index contributed by atoms with van der Waals surface area (Å²) in [5.41, 5.74) is 0. The molecule has 1 rings (SSSR count). The standard InChI is InChI=1S/C6H7F3N4O/c1-13(5(14)6(7,8)9)2-4-10-3-11-12-4/h3H,2H2,1H3,(H,10,11,12). The Balaban J connectivity index is 2.59. The van der Waals surface area contributed by atoms with Gasteiger partial charge in [0.15, 0.2) is 0 Å². The molecule has 1 amide bonds. The van der Waals surface area contributed by atoms with E-state index in [0.717, 1.165) is 13.4 Å². The molecule has 1 aromatic heterocycles. The van der Waals surface area contributed by atoms with Crippen molar-refractivity contribution in [1.82, 2.24) is 20.1 Å². The number of rotatable bonds is 2. The minimum Gasteiger partial charge on any atom is -0.330 e. The first-order valence-electron chi connectivity index (χ1n) is 3.58. The van der Waals surface area contributed by atoms with Crippen molar-refractivity contribution in [2.24, 2.45) is 0 Å². The summed E-state index contributed by atoms with van der Waals surface area (Å²) < 4.78 is 35.7. The lowest BCUT2D eigenvalue weighted by Crippen LogP contribution is -2.38. The Labute approximate surface area is 76.9 Å². The highest BCUT2D eigenvalue weighted by molar-refractivity contribution is 5.81. The second-order valence-electron chi connectivity index (χ2n) is 2.59. The third-order valence-electron chi connectivity index (χ3n) is 1.44. The second kappa shape index (κ2) is 3.64. The quantitative estimate of drug-likeness (QED) is 0.761. The fourth-order valence-corrected chi connectivity index (χ4v) is 0.820. The molecule has 0 radical (unpaired) electrons. The fourth-order valence-electron chi connectivity index (χ4n) is 0.820. The van der Waals surface area contributed by atoms with Gasteiger partial charge in [0.1, 0.15) is 12.2 Å². The predicted molar refractivity (Wildman–Crippen MR) is 38.9 cm³/mol. The van der Waals surface area contributed by atoms with Crippen LogP contribution in [0.2, 0.25) is 0 Å². The largest absolute Gasteiger partial charge is 0.471 e. The summed E-state index contributed by atoms with van der Waals surface area (Å²) in [6.45, 7) is -0.252. The second-order valence-corrected chi connectivity index (χ2v) is 2.59. The van der Waals surface area contributed by atoms with Crippen molar-refractivity contribution in [3.8, 4) is 0 Å².